The Hall–Kier alpha value is -3.38. The quantitative estimate of drug-likeness (QED) is 0.504. The summed E-state index contributed by atoms with van der Waals surface area (Å²) in [7, 11) is 0. The van der Waals surface area contributed by atoms with E-state index in [-0.39, 0.29) is 5.92 Å². The van der Waals surface area contributed by atoms with Crippen molar-refractivity contribution in [3.63, 3.8) is 0 Å². The molecule has 0 unspecified atom stereocenters. The summed E-state index contributed by atoms with van der Waals surface area (Å²) in [6, 6.07) is 19.8. The molecule has 0 fully saturated rings. The van der Waals surface area contributed by atoms with Gasteiger partial charge in [0.05, 0.1) is 0 Å². The summed E-state index contributed by atoms with van der Waals surface area (Å²) in [5.41, 5.74) is 4.77. The molecule has 4 rings (SSSR count). The molecule has 6 heteroatoms. The fraction of sp³-hybridized carbons (Fsp3) is 0.167. The second kappa shape index (κ2) is 8.97. The number of nitrogens with one attached hydrogen (secondary N) is 1. The van der Waals surface area contributed by atoms with Crippen molar-refractivity contribution in [2.45, 2.75) is 12.3 Å². The molecular formula is C24H21NO4S. The monoisotopic (exact) mass is 419 g/mol. The van der Waals surface area contributed by atoms with Gasteiger partial charge in [-0.3, -0.25) is 0 Å². The van der Waals surface area contributed by atoms with E-state index in [2.05, 4.69) is 29.6 Å². The highest BCUT2D eigenvalue weighted by atomic mass is 32.1. The molecule has 0 spiro atoms. The number of thiophene rings is 1. The number of hydrogen-bond donors (Lipinski definition) is 2. The minimum Gasteiger partial charge on any atom is -0.477 e. The van der Waals surface area contributed by atoms with Crippen LogP contribution in [0.4, 0.5) is 4.79 Å². The van der Waals surface area contributed by atoms with E-state index in [1.165, 1.54) is 33.6 Å². The minimum atomic E-state index is -0.920. The first-order valence-electron chi connectivity index (χ1n) is 9.72. The Morgan fingerprint density at radius 3 is 2.30 bits per heavy atom. The molecule has 0 bridgehead atoms. The van der Waals surface area contributed by atoms with Crippen LogP contribution < -0.4 is 5.32 Å². The average Bonchev–Trinajstić information content (AvgIpc) is 3.35. The highest BCUT2D eigenvalue weighted by Gasteiger charge is 2.28. The third-order valence-electron chi connectivity index (χ3n) is 5.04. The van der Waals surface area contributed by atoms with Crippen LogP contribution >= 0.6 is 11.3 Å². The Kier molecular flexibility index (Phi) is 5.95. The number of carbonyl (C=O) groups is 2. The van der Waals surface area contributed by atoms with Crippen molar-refractivity contribution < 1.29 is 19.4 Å². The smallest absolute Gasteiger partial charge is 0.407 e. The third-order valence-corrected chi connectivity index (χ3v) is 6.08. The fourth-order valence-electron chi connectivity index (χ4n) is 3.66. The second-order valence-electron chi connectivity index (χ2n) is 6.95. The standard InChI is InChI=1S/C24H21NO4S/c26-23(27)22-13-12-16(30-22)7-5-6-14-25-24(28)29-15-21-19-10-3-1-8-17(19)18-9-2-4-11-20(18)21/h1-5,7-13,21H,6,14-15H2,(H,25,28)(H,26,27). The largest absolute Gasteiger partial charge is 0.477 e. The van der Waals surface area contributed by atoms with Crippen molar-refractivity contribution in [1.82, 2.24) is 5.32 Å². The number of amides is 1. The number of hydrogen-bond acceptors (Lipinski definition) is 4. The lowest BCUT2D eigenvalue weighted by Gasteiger charge is -2.14. The zero-order valence-electron chi connectivity index (χ0n) is 16.2. The molecule has 0 atom stereocenters. The number of carboxylic acid groups (broad SMARTS) is 1. The van der Waals surface area contributed by atoms with Gasteiger partial charge in [0.15, 0.2) is 0 Å². The van der Waals surface area contributed by atoms with Crippen LogP contribution in [-0.2, 0) is 4.74 Å². The van der Waals surface area contributed by atoms with Crippen LogP contribution in [0.5, 0.6) is 0 Å². The molecule has 1 aliphatic carbocycles. The van der Waals surface area contributed by atoms with Crippen LogP contribution in [0.2, 0.25) is 0 Å². The Balaban J connectivity index is 1.26. The molecule has 1 amide bonds. The number of benzene rings is 2. The van der Waals surface area contributed by atoms with Crippen LogP contribution in [0, 0.1) is 0 Å². The molecule has 0 aliphatic heterocycles. The number of carboxylic acids is 1. The maximum Gasteiger partial charge on any atom is 0.407 e. The summed E-state index contributed by atoms with van der Waals surface area (Å²) in [5, 5.41) is 11.7. The summed E-state index contributed by atoms with van der Waals surface area (Å²) in [5.74, 6) is -0.873. The average molecular weight is 420 g/mol. The first-order valence-corrected chi connectivity index (χ1v) is 10.5. The van der Waals surface area contributed by atoms with Gasteiger partial charge in [-0.05, 0) is 46.9 Å². The topological polar surface area (TPSA) is 75.6 Å². The molecular weight excluding hydrogens is 398 g/mol. The molecule has 2 aromatic carbocycles. The van der Waals surface area contributed by atoms with Crippen LogP contribution in [-0.4, -0.2) is 30.3 Å². The lowest BCUT2D eigenvalue weighted by atomic mass is 9.98. The van der Waals surface area contributed by atoms with Crippen molar-refractivity contribution in [3.05, 3.63) is 87.6 Å². The highest BCUT2D eigenvalue weighted by Crippen LogP contribution is 2.44. The maximum absolute atomic E-state index is 12.1. The third kappa shape index (κ3) is 4.28. The predicted octanol–water partition coefficient (Wildman–Crippen LogP) is 5.39. The molecule has 152 valence electrons. The van der Waals surface area contributed by atoms with Crippen molar-refractivity contribution in [1.29, 1.82) is 0 Å². The summed E-state index contributed by atoms with van der Waals surface area (Å²) in [6.45, 7) is 0.743. The van der Waals surface area contributed by atoms with E-state index in [1.807, 2.05) is 36.4 Å². The number of fused-ring (bicyclic) bond motifs is 3. The van der Waals surface area contributed by atoms with Gasteiger partial charge in [-0.2, -0.15) is 0 Å². The van der Waals surface area contributed by atoms with Gasteiger partial charge in [0.2, 0.25) is 0 Å². The molecule has 30 heavy (non-hydrogen) atoms. The molecule has 0 radical (unpaired) electrons. The molecule has 5 nitrogen and oxygen atoms in total. The molecule has 3 aromatic rings. The van der Waals surface area contributed by atoms with Crippen LogP contribution in [0.1, 0.15) is 38.0 Å². The fourth-order valence-corrected chi connectivity index (χ4v) is 4.44. The summed E-state index contributed by atoms with van der Waals surface area (Å²) < 4.78 is 5.50. The molecule has 0 saturated carbocycles. The number of rotatable bonds is 7. The Morgan fingerprint density at radius 1 is 1.00 bits per heavy atom. The Labute approximate surface area is 178 Å². The van der Waals surface area contributed by atoms with Crippen molar-refractivity contribution in [2.24, 2.45) is 0 Å². The molecule has 1 aromatic heterocycles. The van der Waals surface area contributed by atoms with Gasteiger partial charge in [-0.25, -0.2) is 9.59 Å². The minimum absolute atomic E-state index is 0.0466. The van der Waals surface area contributed by atoms with Crippen LogP contribution in [0.25, 0.3) is 17.2 Å². The van der Waals surface area contributed by atoms with Gasteiger partial charge in [-0.15, -0.1) is 11.3 Å². The van der Waals surface area contributed by atoms with E-state index in [0.29, 0.717) is 24.4 Å². The van der Waals surface area contributed by atoms with Gasteiger partial charge in [0.1, 0.15) is 11.5 Å². The number of alkyl carbamates (subject to hydrolysis) is 1. The number of ether oxygens (including phenoxy) is 1. The van der Waals surface area contributed by atoms with E-state index in [1.54, 1.807) is 12.1 Å². The van der Waals surface area contributed by atoms with Gasteiger partial charge in [0.25, 0.3) is 0 Å². The second-order valence-corrected chi connectivity index (χ2v) is 8.07. The zero-order chi connectivity index (χ0) is 20.9. The highest BCUT2D eigenvalue weighted by molar-refractivity contribution is 7.14. The van der Waals surface area contributed by atoms with Gasteiger partial charge in [0, 0.05) is 17.3 Å². The first-order chi connectivity index (χ1) is 14.6. The maximum atomic E-state index is 12.1. The lowest BCUT2D eigenvalue weighted by Crippen LogP contribution is -2.26. The summed E-state index contributed by atoms with van der Waals surface area (Å²) in [6.07, 6.45) is 3.96. The van der Waals surface area contributed by atoms with Crippen LogP contribution in [0.15, 0.2) is 66.7 Å². The molecule has 1 heterocycles. The van der Waals surface area contributed by atoms with Gasteiger partial charge < -0.3 is 15.2 Å². The van der Waals surface area contributed by atoms with Gasteiger partial charge >= 0.3 is 12.1 Å². The molecule has 1 aliphatic rings. The summed E-state index contributed by atoms with van der Waals surface area (Å²) >= 11 is 1.22. The molecule has 2 N–H and O–H groups in total. The van der Waals surface area contributed by atoms with Crippen LogP contribution in [0.3, 0.4) is 0 Å². The lowest BCUT2D eigenvalue weighted by molar-refractivity contribution is 0.0702. The SMILES string of the molecule is O=C(NCCC=Cc1ccc(C(=O)O)s1)OCC1c2ccccc2-c2ccccc21. The van der Waals surface area contributed by atoms with E-state index in [9.17, 15) is 9.59 Å². The zero-order valence-corrected chi connectivity index (χ0v) is 17.0. The summed E-state index contributed by atoms with van der Waals surface area (Å²) in [4.78, 5) is 24.2. The van der Waals surface area contributed by atoms with Crippen molar-refractivity contribution in [3.8, 4) is 11.1 Å². The van der Waals surface area contributed by atoms with E-state index < -0.39 is 12.1 Å². The van der Waals surface area contributed by atoms with E-state index in [4.69, 9.17) is 9.84 Å². The first kappa shape index (κ1) is 19.9. The molecule has 0 saturated heterocycles. The van der Waals surface area contributed by atoms with E-state index in [0.717, 1.165) is 4.88 Å². The Morgan fingerprint density at radius 2 is 1.67 bits per heavy atom. The number of carbonyl (C=O) groups excluding carboxylic acids is 1. The van der Waals surface area contributed by atoms with E-state index >= 15 is 0 Å². The normalized spacial score (nSPS) is 12.5. The van der Waals surface area contributed by atoms with Crippen molar-refractivity contribution in [2.75, 3.05) is 13.2 Å². The Bertz CT molecular complexity index is 1060. The number of aromatic carboxylic acids is 1. The van der Waals surface area contributed by atoms with Gasteiger partial charge in [-0.1, -0.05) is 54.6 Å². The van der Waals surface area contributed by atoms with Crippen molar-refractivity contribution >= 4 is 29.5 Å². The predicted molar refractivity (Wildman–Crippen MR) is 118 cm³/mol.